The van der Waals surface area contributed by atoms with Gasteiger partial charge in [-0.2, -0.15) is 0 Å². The molecule has 0 radical (unpaired) electrons. The Morgan fingerprint density at radius 2 is 2.03 bits per heavy atom. The summed E-state index contributed by atoms with van der Waals surface area (Å²) in [6.07, 6.45) is 1.35. The molecule has 0 aromatic heterocycles. The number of rotatable bonds is 5. The van der Waals surface area contributed by atoms with E-state index in [4.69, 9.17) is 11.6 Å². The fourth-order valence-electron chi connectivity index (χ4n) is 2.61. The fourth-order valence-corrected chi connectivity index (χ4v) is 3.64. The summed E-state index contributed by atoms with van der Waals surface area (Å²) in [5.41, 5.74) is 1.55. The van der Waals surface area contributed by atoms with Crippen molar-refractivity contribution in [1.29, 1.82) is 0 Å². The number of hydrogen-bond donors (Lipinski definition) is 1. The Balaban J connectivity index is 1.74. The van der Waals surface area contributed by atoms with E-state index in [1.54, 1.807) is 18.2 Å². The van der Waals surface area contributed by atoms with Gasteiger partial charge in [0.05, 0.1) is 9.83 Å². The Labute approximate surface area is 174 Å². The van der Waals surface area contributed by atoms with Crippen LogP contribution in [0.4, 0.5) is 16.2 Å². The van der Waals surface area contributed by atoms with E-state index >= 15 is 0 Å². The van der Waals surface area contributed by atoms with Crippen LogP contribution in [0.2, 0.25) is 5.02 Å². The lowest BCUT2D eigenvalue weighted by atomic mass is 10.2. The van der Waals surface area contributed by atoms with Crippen molar-refractivity contribution in [1.82, 2.24) is 4.90 Å². The quantitative estimate of drug-likeness (QED) is 0.431. The Hall–Kier alpha value is -3.17. The SMILES string of the molecule is Cc1cccc(NC(=O)CN2C(=O)S/C(=C\c3ccc(Cl)c([N+](=O)[O-])c3)C2=O)c1. The zero-order valence-electron chi connectivity index (χ0n) is 15.0. The molecule has 2 aromatic carbocycles. The first-order valence-corrected chi connectivity index (χ1v) is 9.50. The predicted molar refractivity (Wildman–Crippen MR) is 111 cm³/mol. The van der Waals surface area contributed by atoms with Gasteiger partial charge < -0.3 is 5.32 Å². The molecule has 1 aliphatic rings. The van der Waals surface area contributed by atoms with Gasteiger partial charge in [-0.15, -0.1) is 0 Å². The molecular formula is C19H14ClN3O5S. The second kappa shape index (κ2) is 8.46. The van der Waals surface area contributed by atoms with E-state index in [0.29, 0.717) is 23.0 Å². The summed E-state index contributed by atoms with van der Waals surface area (Å²) < 4.78 is 0. The summed E-state index contributed by atoms with van der Waals surface area (Å²) in [5, 5.41) is 13.0. The number of thioether (sulfide) groups is 1. The van der Waals surface area contributed by atoms with Gasteiger partial charge in [-0.25, -0.2) is 0 Å². The van der Waals surface area contributed by atoms with Crippen molar-refractivity contribution in [3.8, 4) is 0 Å². The van der Waals surface area contributed by atoms with Gasteiger partial charge in [0.15, 0.2) is 0 Å². The average molecular weight is 432 g/mol. The first-order chi connectivity index (χ1) is 13.7. The van der Waals surface area contributed by atoms with Crippen LogP contribution in [0.15, 0.2) is 47.4 Å². The van der Waals surface area contributed by atoms with Crippen LogP contribution in [0, 0.1) is 17.0 Å². The number of benzene rings is 2. The molecule has 1 aliphatic heterocycles. The first kappa shape index (κ1) is 20.6. The number of nitrogens with one attached hydrogen (secondary N) is 1. The van der Waals surface area contributed by atoms with E-state index in [0.717, 1.165) is 10.5 Å². The zero-order valence-corrected chi connectivity index (χ0v) is 16.6. The smallest absolute Gasteiger partial charge is 0.294 e. The van der Waals surface area contributed by atoms with Gasteiger partial charge >= 0.3 is 0 Å². The molecule has 0 bridgehead atoms. The minimum atomic E-state index is -0.642. The average Bonchev–Trinajstić information content (AvgIpc) is 2.90. The summed E-state index contributed by atoms with van der Waals surface area (Å²) in [5.74, 6) is -1.15. The second-order valence-corrected chi connectivity index (χ2v) is 7.55. The van der Waals surface area contributed by atoms with Crippen molar-refractivity contribution in [2.24, 2.45) is 0 Å². The van der Waals surface area contributed by atoms with Crippen LogP contribution in [0.25, 0.3) is 6.08 Å². The zero-order chi connectivity index (χ0) is 21.1. The third-order valence-corrected chi connectivity index (χ3v) is 5.17. The van der Waals surface area contributed by atoms with Crippen molar-refractivity contribution in [3.63, 3.8) is 0 Å². The van der Waals surface area contributed by atoms with Crippen LogP contribution in [0.5, 0.6) is 0 Å². The number of carbonyl (C=O) groups excluding carboxylic acids is 3. The molecule has 1 saturated heterocycles. The maximum atomic E-state index is 12.5. The molecule has 10 heteroatoms. The van der Waals surface area contributed by atoms with Gasteiger partial charge in [-0.3, -0.25) is 29.4 Å². The molecule has 29 heavy (non-hydrogen) atoms. The number of aryl methyl sites for hydroxylation is 1. The fraction of sp³-hybridized carbons (Fsp3) is 0.105. The number of anilines is 1. The highest BCUT2D eigenvalue weighted by molar-refractivity contribution is 8.18. The van der Waals surface area contributed by atoms with Crippen LogP contribution in [0.1, 0.15) is 11.1 Å². The monoisotopic (exact) mass is 431 g/mol. The van der Waals surface area contributed by atoms with E-state index < -0.39 is 28.5 Å². The number of halogens is 1. The van der Waals surface area contributed by atoms with Crippen LogP contribution in [0.3, 0.4) is 0 Å². The highest BCUT2D eigenvalue weighted by atomic mass is 35.5. The summed E-state index contributed by atoms with van der Waals surface area (Å²) in [6, 6.07) is 11.2. The molecule has 8 nitrogen and oxygen atoms in total. The number of nitrogens with zero attached hydrogens (tertiary/aromatic N) is 2. The molecule has 3 rings (SSSR count). The lowest BCUT2D eigenvalue weighted by molar-refractivity contribution is -0.384. The van der Waals surface area contributed by atoms with Crippen molar-refractivity contribution in [3.05, 3.63) is 73.6 Å². The maximum Gasteiger partial charge on any atom is 0.294 e. The minimum Gasteiger partial charge on any atom is -0.325 e. The third-order valence-electron chi connectivity index (χ3n) is 3.94. The van der Waals surface area contributed by atoms with Crippen LogP contribution < -0.4 is 5.32 Å². The second-order valence-electron chi connectivity index (χ2n) is 6.15. The van der Waals surface area contributed by atoms with Gasteiger partial charge in [0, 0.05) is 11.8 Å². The van der Waals surface area contributed by atoms with Gasteiger partial charge in [0.1, 0.15) is 11.6 Å². The van der Waals surface area contributed by atoms with Crippen molar-refractivity contribution < 1.29 is 19.3 Å². The molecule has 0 aliphatic carbocycles. The van der Waals surface area contributed by atoms with Gasteiger partial charge in [-0.05, 0) is 54.1 Å². The molecule has 0 unspecified atom stereocenters. The lowest BCUT2D eigenvalue weighted by Crippen LogP contribution is -2.36. The Morgan fingerprint density at radius 1 is 1.28 bits per heavy atom. The Morgan fingerprint density at radius 3 is 2.72 bits per heavy atom. The lowest BCUT2D eigenvalue weighted by Gasteiger charge is -2.12. The van der Waals surface area contributed by atoms with Gasteiger partial charge in [0.25, 0.3) is 16.8 Å². The molecule has 0 atom stereocenters. The highest BCUT2D eigenvalue weighted by Crippen LogP contribution is 2.33. The third kappa shape index (κ3) is 4.82. The topological polar surface area (TPSA) is 110 Å². The van der Waals surface area contributed by atoms with Crippen LogP contribution in [-0.4, -0.2) is 33.4 Å². The molecule has 148 valence electrons. The predicted octanol–water partition coefficient (Wildman–Crippen LogP) is 4.23. The standard InChI is InChI=1S/C19H14ClN3O5S/c1-11-3-2-4-13(7-11)21-17(24)10-22-18(25)16(29-19(22)26)9-12-5-6-14(20)15(8-12)23(27)28/h2-9H,10H2,1H3,(H,21,24)/b16-9-. The highest BCUT2D eigenvalue weighted by Gasteiger charge is 2.36. The van der Waals surface area contributed by atoms with Crippen molar-refractivity contribution in [2.45, 2.75) is 6.92 Å². The number of imide groups is 1. The number of nitro benzene ring substituents is 1. The molecule has 1 heterocycles. The van der Waals surface area contributed by atoms with Crippen molar-refractivity contribution >= 4 is 57.9 Å². The molecule has 2 aromatic rings. The van der Waals surface area contributed by atoms with E-state index in [-0.39, 0.29) is 15.6 Å². The number of carbonyl (C=O) groups is 3. The summed E-state index contributed by atoms with van der Waals surface area (Å²) in [6.45, 7) is 1.44. The Kier molecular flexibility index (Phi) is 6.00. The molecule has 1 N–H and O–H groups in total. The van der Waals surface area contributed by atoms with E-state index in [1.807, 2.05) is 13.0 Å². The van der Waals surface area contributed by atoms with Crippen LogP contribution in [-0.2, 0) is 9.59 Å². The Bertz CT molecular complexity index is 1070. The van der Waals surface area contributed by atoms with E-state index in [2.05, 4.69) is 5.32 Å². The first-order valence-electron chi connectivity index (χ1n) is 8.30. The summed E-state index contributed by atoms with van der Waals surface area (Å²) >= 11 is 6.44. The van der Waals surface area contributed by atoms with Crippen LogP contribution >= 0.6 is 23.4 Å². The molecule has 1 fully saturated rings. The largest absolute Gasteiger partial charge is 0.325 e. The normalized spacial score (nSPS) is 15.1. The van der Waals surface area contributed by atoms with Gasteiger partial charge in [-0.1, -0.05) is 29.8 Å². The van der Waals surface area contributed by atoms with Crippen molar-refractivity contribution in [2.75, 3.05) is 11.9 Å². The molecule has 3 amide bonds. The number of amides is 3. The molecule has 0 saturated carbocycles. The minimum absolute atomic E-state index is 0.0342. The summed E-state index contributed by atoms with van der Waals surface area (Å²) in [7, 11) is 0. The molecule has 0 spiro atoms. The summed E-state index contributed by atoms with van der Waals surface area (Å²) in [4.78, 5) is 48.2. The van der Waals surface area contributed by atoms with E-state index in [1.165, 1.54) is 24.3 Å². The maximum absolute atomic E-state index is 12.5. The molecular weight excluding hydrogens is 418 g/mol. The van der Waals surface area contributed by atoms with E-state index in [9.17, 15) is 24.5 Å². The number of hydrogen-bond acceptors (Lipinski definition) is 6. The number of nitro groups is 1. The van der Waals surface area contributed by atoms with Gasteiger partial charge in [0.2, 0.25) is 5.91 Å².